The Balaban J connectivity index is 2.58. The lowest BCUT2D eigenvalue weighted by Crippen LogP contribution is -2.28. The molecule has 0 heterocycles. The fourth-order valence-electron chi connectivity index (χ4n) is 1.48. The van der Waals surface area contributed by atoms with Crippen molar-refractivity contribution in [3.05, 3.63) is 35.4 Å². The van der Waals surface area contributed by atoms with Crippen LogP contribution >= 0.6 is 0 Å². The molecule has 90 valence electrons. The highest BCUT2D eigenvalue weighted by molar-refractivity contribution is 5.27. The summed E-state index contributed by atoms with van der Waals surface area (Å²) in [7, 11) is 0. The Morgan fingerprint density at radius 2 is 1.75 bits per heavy atom. The van der Waals surface area contributed by atoms with Crippen molar-refractivity contribution in [1.29, 1.82) is 0 Å². The van der Waals surface area contributed by atoms with Gasteiger partial charge in [0.25, 0.3) is 0 Å². The standard InChI is InChI=1S/C14H23NO/c1-11(10-16)15-9-12-5-7-13(8-6-12)14(2,3)4/h5-8,11,15-16H,9-10H2,1-4H3. The highest BCUT2D eigenvalue weighted by Gasteiger charge is 2.12. The van der Waals surface area contributed by atoms with Gasteiger partial charge in [0, 0.05) is 12.6 Å². The van der Waals surface area contributed by atoms with Crippen LogP contribution in [-0.4, -0.2) is 17.8 Å². The third-order valence-electron chi connectivity index (χ3n) is 2.75. The maximum atomic E-state index is 8.90. The Morgan fingerprint density at radius 3 is 2.19 bits per heavy atom. The van der Waals surface area contributed by atoms with E-state index in [-0.39, 0.29) is 18.1 Å². The van der Waals surface area contributed by atoms with E-state index in [9.17, 15) is 0 Å². The normalized spacial score (nSPS) is 13.8. The predicted molar refractivity (Wildman–Crippen MR) is 68.5 cm³/mol. The molecule has 0 aromatic heterocycles. The fourth-order valence-corrected chi connectivity index (χ4v) is 1.48. The van der Waals surface area contributed by atoms with E-state index in [2.05, 4.69) is 50.4 Å². The molecule has 1 aromatic carbocycles. The van der Waals surface area contributed by atoms with Crippen molar-refractivity contribution in [3.8, 4) is 0 Å². The molecule has 0 saturated heterocycles. The first-order valence-corrected chi connectivity index (χ1v) is 5.87. The topological polar surface area (TPSA) is 32.3 Å². The van der Waals surface area contributed by atoms with Gasteiger partial charge in [-0.1, -0.05) is 45.0 Å². The minimum atomic E-state index is 0.155. The first-order chi connectivity index (χ1) is 7.43. The zero-order valence-corrected chi connectivity index (χ0v) is 10.7. The molecule has 1 unspecified atom stereocenters. The van der Waals surface area contributed by atoms with Gasteiger partial charge < -0.3 is 10.4 Å². The highest BCUT2D eigenvalue weighted by Crippen LogP contribution is 2.22. The molecule has 0 saturated carbocycles. The number of nitrogens with one attached hydrogen (secondary N) is 1. The Hall–Kier alpha value is -0.860. The maximum absolute atomic E-state index is 8.90. The van der Waals surface area contributed by atoms with E-state index >= 15 is 0 Å². The van der Waals surface area contributed by atoms with E-state index in [0.29, 0.717) is 0 Å². The zero-order chi connectivity index (χ0) is 12.2. The summed E-state index contributed by atoms with van der Waals surface area (Å²) in [6.45, 7) is 9.62. The van der Waals surface area contributed by atoms with Gasteiger partial charge in [0.15, 0.2) is 0 Å². The fraction of sp³-hybridized carbons (Fsp3) is 0.571. The van der Waals surface area contributed by atoms with Gasteiger partial charge in [-0.15, -0.1) is 0 Å². The summed E-state index contributed by atoms with van der Waals surface area (Å²) in [6.07, 6.45) is 0. The molecule has 0 aliphatic carbocycles. The summed E-state index contributed by atoms with van der Waals surface area (Å²) in [4.78, 5) is 0. The molecule has 2 nitrogen and oxygen atoms in total. The average molecular weight is 221 g/mol. The summed E-state index contributed by atoms with van der Waals surface area (Å²) >= 11 is 0. The van der Waals surface area contributed by atoms with Crippen LogP contribution in [0.4, 0.5) is 0 Å². The molecule has 2 N–H and O–H groups in total. The van der Waals surface area contributed by atoms with Gasteiger partial charge in [-0.05, 0) is 23.5 Å². The van der Waals surface area contributed by atoms with E-state index in [4.69, 9.17) is 5.11 Å². The maximum Gasteiger partial charge on any atom is 0.0582 e. The molecule has 16 heavy (non-hydrogen) atoms. The molecule has 0 spiro atoms. The number of benzene rings is 1. The summed E-state index contributed by atoms with van der Waals surface area (Å²) in [5.74, 6) is 0. The molecular formula is C14H23NO. The Morgan fingerprint density at radius 1 is 1.19 bits per heavy atom. The second-order valence-corrected chi connectivity index (χ2v) is 5.41. The van der Waals surface area contributed by atoms with Crippen LogP contribution in [-0.2, 0) is 12.0 Å². The van der Waals surface area contributed by atoms with Crippen molar-refractivity contribution >= 4 is 0 Å². The second kappa shape index (κ2) is 5.46. The van der Waals surface area contributed by atoms with E-state index < -0.39 is 0 Å². The lowest BCUT2D eigenvalue weighted by molar-refractivity contribution is 0.251. The van der Waals surface area contributed by atoms with Gasteiger partial charge in [-0.2, -0.15) is 0 Å². The van der Waals surface area contributed by atoms with Crippen LogP contribution in [0, 0.1) is 0 Å². The summed E-state index contributed by atoms with van der Waals surface area (Å²) in [5, 5.41) is 12.2. The van der Waals surface area contributed by atoms with Gasteiger partial charge in [-0.25, -0.2) is 0 Å². The third-order valence-corrected chi connectivity index (χ3v) is 2.75. The van der Waals surface area contributed by atoms with Crippen LogP contribution in [0.5, 0.6) is 0 Å². The van der Waals surface area contributed by atoms with Gasteiger partial charge >= 0.3 is 0 Å². The minimum absolute atomic E-state index is 0.155. The Labute approximate surface area is 98.7 Å². The van der Waals surface area contributed by atoms with E-state index in [1.807, 2.05) is 6.92 Å². The van der Waals surface area contributed by atoms with Crippen molar-refractivity contribution in [2.45, 2.75) is 45.7 Å². The number of rotatable bonds is 4. The molecule has 0 radical (unpaired) electrons. The molecule has 0 aliphatic rings. The number of hydrogen-bond acceptors (Lipinski definition) is 2. The lowest BCUT2D eigenvalue weighted by Gasteiger charge is -2.19. The van der Waals surface area contributed by atoms with Gasteiger partial charge in [0.2, 0.25) is 0 Å². The largest absolute Gasteiger partial charge is 0.395 e. The first-order valence-electron chi connectivity index (χ1n) is 5.87. The average Bonchev–Trinajstić information content (AvgIpc) is 2.25. The van der Waals surface area contributed by atoms with Crippen molar-refractivity contribution in [3.63, 3.8) is 0 Å². The highest BCUT2D eigenvalue weighted by atomic mass is 16.3. The van der Waals surface area contributed by atoms with Gasteiger partial charge in [0.1, 0.15) is 0 Å². The van der Waals surface area contributed by atoms with Crippen molar-refractivity contribution < 1.29 is 5.11 Å². The molecular weight excluding hydrogens is 198 g/mol. The van der Waals surface area contributed by atoms with Crippen LogP contribution in [0.15, 0.2) is 24.3 Å². The second-order valence-electron chi connectivity index (χ2n) is 5.41. The summed E-state index contributed by atoms with van der Waals surface area (Å²) in [5.41, 5.74) is 2.82. The Bertz CT molecular complexity index is 311. The lowest BCUT2D eigenvalue weighted by atomic mass is 9.87. The van der Waals surface area contributed by atoms with Crippen LogP contribution in [0.25, 0.3) is 0 Å². The van der Waals surface area contributed by atoms with Crippen LogP contribution in [0.2, 0.25) is 0 Å². The van der Waals surface area contributed by atoms with Crippen LogP contribution in [0.1, 0.15) is 38.8 Å². The van der Waals surface area contributed by atoms with Crippen molar-refractivity contribution in [2.75, 3.05) is 6.61 Å². The molecule has 1 atom stereocenters. The quantitative estimate of drug-likeness (QED) is 0.818. The summed E-state index contributed by atoms with van der Waals surface area (Å²) < 4.78 is 0. The minimum Gasteiger partial charge on any atom is -0.395 e. The molecule has 0 bridgehead atoms. The van der Waals surface area contributed by atoms with E-state index in [1.54, 1.807) is 0 Å². The van der Waals surface area contributed by atoms with Gasteiger partial charge in [-0.3, -0.25) is 0 Å². The number of aliphatic hydroxyl groups excluding tert-OH is 1. The number of hydrogen-bond donors (Lipinski definition) is 2. The zero-order valence-electron chi connectivity index (χ0n) is 10.7. The van der Waals surface area contributed by atoms with Crippen molar-refractivity contribution in [1.82, 2.24) is 5.32 Å². The van der Waals surface area contributed by atoms with Crippen LogP contribution < -0.4 is 5.32 Å². The predicted octanol–water partition coefficient (Wildman–Crippen LogP) is 2.45. The molecule has 1 aromatic rings. The van der Waals surface area contributed by atoms with Crippen molar-refractivity contribution in [2.24, 2.45) is 0 Å². The smallest absolute Gasteiger partial charge is 0.0582 e. The first kappa shape index (κ1) is 13.2. The number of aliphatic hydroxyl groups is 1. The van der Waals surface area contributed by atoms with Crippen LogP contribution in [0.3, 0.4) is 0 Å². The molecule has 2 heteroatoms. The Kier molecular flexibility index (Phi) is 4.51. The van der Waals surface area contributed by atoms with Gasteiger partial charge in [0.05, 0.1) is 6.61 Å². The SMILES string of the molecule is CC(CO)NCc1ccc(C(C)(C)C)cc1. The van der Waals surface area contributed by atoms with E-state index in [0.717, 1.165) is 6.54 Å². The molecule has 0 fully saturated rings. The monoisotopic (exact) mass is 221 g/mol. The third kappa shape index (κ3) is 3.95. The molecule has 0 amide bonds. The summed E-state index contributed by atoms with van der Waals surface area (Å²) in [6, 6.07) is 8.82. The molecule has 1 rings (SSSR count). The van der Waals surface area contributed by atoms with E-state index in [1.165, 1.54) is 11.1 Å². The molecule has 0 aliphatic heterocycles.